The van der Waals surface area contributed by atoms with Gasteiger partial charge in [-0.05, 0) is 35.4 Å². The van der Waals surface area contributed by atoms with Gasteiger partial charge in [-0.1, -0.05) is 12.1 Å². The largest absolute Gasteiger partial charge is 0.508 e. The van der Waals surface area contributed by atoms with Crippen molar-refractivity contribution in [3.63, 3.8) is 0 Å². The molecule has 0 bridgehead atoms. The number of aromatic hydroxyl groups is 1. The van der Waals surface area contributed by atoms with E-state index < -0.39 is 0 Å². The number of aromatic nitrogens is 2. The molecule has 0 aliphatic rings. The summed E-state index contributed by atoms with van der Waals surface area (Å²) in [5.41, 5.74) is 0.797. The molecule has 0 spiro atoms. The van der Waals surface area contributed by atoms with Gasteiger partial charge < -0.3 is 10.4 Å². The summed E-state index contributed by atoms with van der Waals surface area (Å²) in [6.45, 7) is 0. The van der Waals surface area contributed by atoms with Crippen LogP contribution in [0, 0.1) is 0 Å². The highest BCUT2D eigenvalue weighted by Gasteiger charge is 2.05. The summed E-state index contributed by atoms with van der Waals surface area (Å²) in [6.07, 6.45) is 1.66. The highest BCUT2D eigenvalue weighted by molar-refractivity contribution is 6.28. The lowest BCUT2D eigenvalue weighted by Crippen LogP contribution is -2.15. The quantitative estimate of drug-likeness (QED) is 0.831. The van der Waals surface area contributed by atoms with Crippen molar-refractivity contribution in [2.45, 2.75) is 6.42 Å². The zero-order chi connectivity index (χ0) is 13.0. The Balaban J connectivity index is 1.98. The minimum atomic E-state index is -0.213. The Morgan fingerprint density at radius 2 is 2.00 bits per heavy atom. The predicted octanol–water partition coefficient (Wildman–Crippen LogP) is 2.02. The van der Waals surface area contributed by atoms with Crippen LogP contribution in [-0.4, -0.2) is 21.0 Å². The summed E-state index contributed by atoms with van der Waals surface area (Å²) in [6, 6.07) is 7.98. The van der Waals surface area contributed by atoms with Crippen LogP contribution in [0.2, 0.25) is 5.28 Å². The van der Waals surface area contributed by atoms with Gasteiger partial charge in [0.05, 0.1) is 6.42 Å². The van der Waals surface area contributed by atoms with Crippen molar-refractivity contribution in [2.75, 3.05) is 5.32 Å². The summed E-state index contributed by atoms with van der Waals surface area (Å²) in [4.78, 5) is 19.3. The van der Waals surface area contributed by atoms with Gasteiger partial charge in [0.2, 0.25) is 11.2 Å². The fraction of sp³-hybridized carbons (Fsp3) is 0.0833. The number of halogens is 1. The summed E-state index contributed by atoms with van der Waals surface area (Å²) in [5, 5.41) is 11.8. The smallest absolute Gasteiger partial charge is 0.229 e. The van der Waals surface area contributed by atoms with Gasteiger partial charge in [0.25, 0.3) is 0 Å². The van der Waals surface area contributed by atoms with E-state index in [2.05, 4.69) is 15.3 Å². The Kier molecular flexibility index (Phi) is 3.74. The summed E-state index contributed by atoms with van der Waals surface area (Å²) >= 11 is 5.60. The van der Waals surface area contributed by atoms with E-state index in [1.165, 1.54) is 18.3 Å². The molecule has 1 aromatic carbocycles. The lowest BCUT2D eigenvalue weighted by molar-refractivity contribution is -0.115. The first kappa shape index (κ1) is 12.3. The average Bonchev–Trinajstić information content (AvgIpc) is 2.32. The Morgan fingerprint density at radius 3 is 2.67 bits per heavy atom. The van der Waals surface area contributed by atoms with Crippen molar-refractivity contribution in [1.29, 1.82) is 0 Å². The Morgan fingerprint density at radius 1 is 1.28 bits per heavy atom. The molecule has 0 unspecified atom stereocenters. The van der Waals surface area contributed by atoms with Gasteiger partial charge in [0.15, 0.2) is 0 Å². The maximum atomic E-state index is 11.7. The van der Waals surface area contributed by atoms with E-state index in [0.29, 0.717) is 5.82 Å². The van der Waals surface area contributed by atoms with Crippen molar-refractivity contribution < 1.29 is 9.90 Å². The molecule has 6 heteroatoms. The average molecular weight is 264 g/mol. The van der Waals surface area contributed by atoms with Crippen LogP contribution in [-0.2, 0) is 11.2 Å². The number of hydrogen-bond acceptors (Lipinski definition) is 4. The second-order valence-corrected chi connectivity index (χ2v) is 3.94. The number of rotatable bonds is 3. The molecule has 18 heavy (non-hydrogen) atoms. The summed E-state index contributed by atoms with van der Waals surface area (Å²) < 4.78 is 0. The first-order chi connectivity index (χ1) is 8.63. The number of benzene rings is 1. The topological polar surface area (TPSA) is 75.1 Å². The molecule has 1 aromatic heterocycles. The standard InChI is InChI=1S/C12H10ClN3O2/c13-12-14-6-5-10(16-12)15-11(18)7-8-1-3-9(17)4-2-8/h1-6,17H,7H2,(H,14,15,16,18). The maximum absolute atomic E-state index is 11.7. The lowest BCUT2D eigenvalue weighted by Gasteiger charge is -2.04. The van der Waals surface area contributed by atoms with Crippen molar-refractivity contribution in [2.24, 2.45) is 0 Å². The van der Waals surface area contributed by atoms with Gasteiger partial charge in [0.1, 0.15) is 11.6 Å². The molecule has 0 saturated carbocycles. The zero-order valence-corrected chi connectivity index (χ0v) is 10.1. The third-order valence-corrected chi connectivity index (χ3v) is 2.38. The van der Waals surface area contributed by atoms with E-state index >= 15 is 0 Å². The van der Waals surface area contributed by atoms with E-state index in [-0.39, 0.29) is 23.4 Å². The monoisotopic (exact) mass is 263 g/mol. The summed E-state index contributed by atoms with van der Waals surface area (Å²) in [7, 11) is 0. The Hall–Kier alpha value is -2.14. The highest BCUT2D eigenvalue weighted by Crippen LogP contribution is 2.11. The second kappa shape index (κ2) is 5.46. The van der Waals surface area contributed by atoms with Crippen molar-refractivity contribution in [3.8, 4) is 5.75 Å². The molecular weight excluding hydrogens is 254 g/mol. The molecule has 2 rings (SSSR count). The number of carbonyl (C=O) groups excluding carboxylic acids is 1. The Bertz CT molecular complexity index is 558. The molecule has 0 aliphatic carbocycles. The molecule has 0 fully saturated rings. The van der Waals surface area contributed by atoms with Gasteiger partial charge in [0, 0.05) is 6.20 Å². The van der Waals surface area contributed by atoms with Crippen LogP contribution in [0.4, 0.5) is 5.82 Å². The molecule has 2 N–H and O–H groups in total. The molecule has 0 atom stereocenters. The fourth-order valence-electron chi connectivity index (χ4n) is 1.39. The number of amides is 1. The number of anilines is 1. The predicted molar refractivity (Wildman–Crippen MR) is 67.5 cm³/mol. The molecule has 0 aliphatic heterocycles. The van der Waals surface area contributed by atoms with E-state index in [0.717, 1.165) is 5.56 Å². The van der Waals surface area contributed by atoms with Crippen molar-refractivity contribution in [1.82, 2.24) is 9.97 Å². The number of phenols is 1. The number of nitrogens with one attached hydrogen (secondary N) is 1. The van der Waals surface area contributed by atoms with Gasteiger partial charge >= 0.3 is 0 Å². The zero-order valence-electron chi connectivity index (χ0n) is 9.30. The second-order valence-electron chi connectivity index (χ2n) is 3.60. The molecular formula is C12H10ClN3O2. The highest BCUT2D eigenvalue weighted by atomic mass is 35.5. The molecule has 5 nitrogen and oxygen atoms in total. The maximum Gasteiger partial charge on any atom is 0.229 e. The van der Waals surface area contributed by atoms with Crippen LogP contribution in [0.5, 0.6) is 5.75 Å². The first-order valence-electron chi connectivity index (χ1n) is 5.20. The minimum Gasteiger partial charge on any atom is -0.508 e. The van der Waals surface area contributed by atoms with Crippen LogP contribution in [0.25, 0.3) is 0 Å². The molecule has 0 radical (unpaired) electrons. The number of nitrogens with zero attached hydrogens (tertiary/aromatic N) is 2. The van der Waals surface area contributed by atoms with Crippen LogP contribution in [0.1, 0.15) is 5.56 Å². The SMILES string of the molecule is O=C(Cc1ccc(O)cc1)Nc1ccnc(Cl)n1. The van der Waals surface area contributed by atoms with Crippen LogP contribution >= 0.6 is 11.6 Å². The van der Waals surface area contributed by atoms with Crippen LogP contribution < -0.4 is 5.32 Å². The van der Waals surface area contributed by atoms with Crippen LogP contribution in [0.15, 0.2) is 36.5 Å². The van der Waals surface area contributed by atoms with E-state index in [1.807, 2.05) is 0 Å². The number of phenolic OH excluding ortho intramolecular Hbond substituents is 1. The van der Waals surface area contributed by atoms with Gasteiger partial charge in [-0.3, -0.25) is 4.79 Å². The molecule has 92 valence electrons. The van der Waals surface area contributed by atoms with Gasteiger partial charge in [-0.25, -0.2) is 9.97 Å². The van der Waals surface area contributed by atoms with Gasteiger partial charge in [-0.2, -0.15) is 0 Å². The molecule has 1 amide bonds. The summed E-state index contributed by atoms with van der Waals surface area (Å²) in [5.74, 6) is 0.316. The number of carbonyl (C=O) groups is 1. The first-order valence-corrected chi connectivity index (χ1v) is 5.57. The third kappa shape index (κ3) is 3.43. The van der Waals surface area contributed by atoms with E-state index in [1.54, 1.807) is 18.2 Å². The van der Waals surface area contributed by atoms with Crippen LogP contribution in [0.3, 0.4) is 0 Å². The molecule has 2 aromatic rings. The van der Waals surface area contributed by atoms with Gasteiger partial charge in [-0.15, -0.1) is 0 Å². The molecule has 1 heterocycles. The normalized spacial score (nSPS) is 10.1. The fourth-order valence-corrected chi connectivity index (χ4v) is 1.54. The molecule has 0 saturated heterocycles. The lowest BCUT2D eigenvalue weighted by atomic mass is 10.1. The number of hydrogen-bond donors (Lipinski definition) is 2. The van der Waals surface area contributed by atoms with E-state index in [9.17, 15) is 4.79 Å². The van der Waals surface area contributed by atoms with Crippen molar-refractivity contribution >= 4 is 23.3 Å². The van der Waals surface area contributed by atoms with E-state index in [4.69, 9.17) is 16.7 Å². The minimum absolute atomic E-state index is 0.0810. The van der Waals surface area contributed by atoms with Crippen molar-refractivity contribution in [3.05, 3.63) is 47.4 Å². The Labute approximate surface area is 108 Å². The third-order valence-electron chi connectivity index (χ3n) is 2.19.